The van der Waals surface area contributed by atoms with Crippen molar-refractivity contribution in [3.63, 3.8) is 0 Å². The van der Waals surface area contributed by atoms with Gasteiger partial charge in [-0.25, -0.2) is 14.6 Å². The van der Waals surface area contributed by atoms with Crippen LogP contribution in [0.1, 0.15) is 47.3 Å². The third kappa shape index (κ3) is 4.19. The van der Waals surface area contributed by atoms with Gasteiger partial charge in [-0.05, 0) is 50.6 Å². The summed E-state index contributed by atoms with van der Waals surface area (Å²) in [6.45, 7) is 5.45. The van der Waals surface area contributed by atoms with E-state index in [1.807, 2.05) is 13.0 Å². The molecule has 0 amide bonds. The van der Waals surface area contributed by atoms with Gasteiger partial charge in [0.05, 0.1) is 41.1 Å². The molecular weight excluding hydrogens is 444 g/mol. The van der Waals surface area contributed by atoms with Gasteiger partial charge in [0.15, 0.2) is 4.80 Å². The van der Waals surface area contributed by atoms with Crippen LogP contribution in [0.5, 0.6) is 0 Å². The van der Waals surface area contributed by atoms with E-state index in [0.29, 0.717) is 31.9 Å². The summed E-state index contributed by atoms with van der Waals surface area (Å²) >= 11 is 1.21. The average Bonchev–Trinajstić information content (AvgIpc) is 3.34. The predicted molar refractivity (Wildman–Crippen MR) is 122 cm³/mol. The maximum atomic E-state index is 13.5. The molecule has 0 aliphatic carbocycles. The van der Waals surface area contributed by atoms with E-state index >= 15 is 0 Å². The van der Waals surface area contributed by atoms with Crippen molar-refractivity contribution in [2.24, 2.45) is 4.99 Å². The standard InChI is InChI=1S/C24H22N2O6S/c1-5-31-23(29)19-14(3)25-24-26(20(19)15-7-9-16(10-8-15)22(28)30-4)21(27)18(33-24)12-17-11-6-13(2)32-17/h6-12,20H,5H2,1-4H3/b18-12-/t20-/m0/s1. The number of ether oxygens (including phenoxy) is 2. The van der Waals surface area contributed by atoms with Crippen molar-refractivity contribution in [2.75, 3.05) is 13.7 Å². The summed E-state index contributed by atoms with van der Waals surface area (Å²) in [7, 11) is 1.31. The third-order valence-corrected chi connectivity index (χ3v) is 6.18. The second-order valence-corrected chi connectivity index (χ2v) is 8.37. The smallest absolute Gasteiger partial charge is 0.338 e. The Labute approximate surface area is 193 Å². The van der Waals surface area contributed by atoms with Crippen molar-refractivity contribution in [3.8, 4) is 0 Å². The van der Waals surface area contributed by atoms with Crippen LogP contribution in [0.2, 0.25) is 0 Å². The van der Waals surface area contributed by atoms with Crippen molar-refractivity contribution < 1.29 is 23.5 Å². The second kappa shape index (κ2) is 9.03. The molecule has 0 radical (unpaired) electrons. The molecule has 0 spiro atoms. The van der Waals surface area contributed by atoms with E-state index in [1.165, 1.54) is 23.0 Å². The van der Waals surface area contributed by atoms with Gasteiger partial charge >= 0.3 is 11.9 Å². The number of furan rings is 1. The lowest BCUT2D eigenvalue weighted by atomic mass is 9.95. The quantitative estimate of drug-likeness (QED) is 0.536. The lowest BCUT2D eigenvalue weighted by Crippen LogP contribution is -2.39. The number of carbonyl (C=O) groups is 2. The highest BCUT2D eigenvalue weighted by atomic mass is 32.1. The van der Waals surface area contributed by atoms with Crippen molar-refractivity contribution in [3.05, 3.63) is 90.0 Å². The molecule has 2 aromatic heterocycles. The summed E-state index contributed by atoms with van der Waals surface area (Å²) in [6.07, 6.45) is 1.66. The molecular formula is C24H22N2O6S. The first kappa shape index (κ1) is 22.5. The topological polar surface area (TPSA) is 100 Å². The number of allylic oxidation sites excluding steroid dienone is 1. The lowest BCUT2D eigenvalue weighted by molar-refractivity contribution is -0.139. The van der Waals surface area contributed by atoms with Crippen LogP contribution in [0, 0.1) is 6.92 Å². The first-order valence-electron chi connectivity index (χ1n) is 10.3. The first-order valence-corrected chi connectivity index (χ1v) is 11.1. The summed E-state index contributed by atoms with van der Waals surface area (Å²) in [5.41, 5.74) is 1.44. The van der Waals surface area contributed by atoms with Crippen LogP contribution in [0.25, 0.3) is 6.08 Å². The van der Waals surface area contributed by atoms with E-state index in [0.717, 1.165) is 5.76 Å². The van der Waals surface area contributed by atoms with Crippen LogP contribution >= 0.6 is 11.3 Å². The van der Waals surface area contributed by atoms with E-state index in [-0.39, 0.29) is 17.7 Å². The Hall–Kier alpha value is -3.72. The van der Waals surface area contributed by atoms with Crippen LogP contribution in [0.15, 0.2) is 61.9 Å². The molecule has 4 rings (SSSR count). The molecule has 170 valence electrons. The number of aromatic nitrogens is 1. The molecule has 1 aliphatic rings. The summed E-state index contributed by atoms with van der Waals surface area (Å²) in [4.78, 5) is 43.2. The second-order valence-electron chi connectivity index (χ2n) is 7.36. The van der Waals surface area contributed by atoms with Crippen LogP contribution in [-0.4, -0.2) is 30.2 Å². The highest BCUT2D eigenvalue weighted by Crippen LogP contribution is 2.31. The zero-order chi connectivity index (χ0) is 23.7. The number of nitrogens with zero attached hydrogens (tertiary/aromatic N) is 2. The van der Waals surface area contributed by atoms with E-state index in [4.69, 9.17) is 13.9 Å². The van der Waals surface area contributed by atoms with Gasteiger partial charge in [-0.15, -0.1) is 0 Å². The number of fused-ring (bicyclic) bond motifs is 1. The Kier molecular flexibility index (Phi) is 6.15. The van der Waals surface area contributed by atoms with Gasteiger partial charge in [0, 0.05) is 6.08 Å². The highest BCUT2D eigenvalue weighted by molar-refractivity contribution is 7.07. The number of thiazole rings is 1. The maximum Gasteiger partial charge on any atom is 0.338 e. The Balaban J connectivity index is 1.92. The fraction of sp³-hybridized carbons (Fsp3) is 0.250. The SMILES string of the molecule is CCOC(=O)C1=C(C)N=c2s/c(=C\c3ccc(C)o3)c(=O)n2[C@H]1c1ccc(C(=O)OC)cc1. The van der Waals surface area contributed by atoms with Gasteiger partial charge in [-0.1, -0.05) is 23.5 Å². The summed E-state index contributed by atoms with van der Waals surface area (Å²) in [5, 5.41) is 0. The molecule has 0 saturated carbocycles. The fourth-order valence-electron chi connectivity index (χ4n) is 3.69. The Bertz CT molecular complexity index is 1440. The number of rotatable bonds is 5. The molecule has 0 bridgehead atoms. The summed E-state index contributed by atoms with van der Waals surface area (Å²) in [5.74, 6) is 0.268. The van der Waals surface area contributed by atoms with Gasteiger partial charge < -0.3 is 13.9 Å². The number of hydrogen-bond acceptors (Lipinski definition) is 8. The van der Waals surface area contributed by atoms with Crippen LogP contribution < -0.4 is 14.9 Å². The normalized spacial score (nSPS) is 15.8. The molecule has 33 heavy (non-hydrogen) atoms. The maximum absolute atomic E-state index is 13.5. The largest absolute Gasteiger partial charge is 0.465 e. The molecule has 1 aromatic carbocycles. The number of methoxy groups -OCH3 is 1. The number of carbonyl (C=O) groups excluding carboxylic acids is 2. The molecule has 1 aliphatic heterocycles. The molecule has 0 unspecified atom stereocenters. The molecule has 1 atom stereocenters. The minimum atomic E-state index is -0.757. The molecule has 3 aromatic rings. The zero-order valence-corrected chi connectivity index (χ0v) is 19.4. The van der Waals surface area contributed by atoms with Crippen molar-refractivity contribution in [2.45, 2.75) is 26.8 Å². The van der Waals surface area contributed by atoms with Crippen molar-refractivity contribution >= 4 is 29.4 Å². The molecule has 8 nitrogen and oxygen atoms in total. The number of aryl methyl sites for hydroxylation is 1. The van der Waals surface area contributed by atoms with Crippen LogP contribution in [-0.2, 0) is 14.3 Å². The summed E-state index contributed by atoms with van der Waals surface area (Å²) < 4.78 is 17.5. The van der Waals surface area contributed by atoms with Gasteiger partial charge in [0.1, 0.15) is 11.5 Å². The fourth-order valence-corrected chi connectivity index (χ4v) is 4.71. The molecule has 0 saturated heterocycles. The molecule has 3 heterocycles. The molecule has 9 heteroatoms. The number of benzene rings is 1. The van der Waals surface area contributed by atoms with Gasteiger partial charge in [0.2, 0.25) is 0 Å². The van der Waals surface area contributed by atoms with Crippen molar-refractivity contribution in [1.29, 1.82) is 0 Å². The predicted octanol–water partition coefficient (Wildman–Crippen LogP) is 2.49. The van der Waals surface area contributed by atoms with Gasteiger partial charge in [-0.2, -0.15) is 0 Å². The van der Waals surface area contributed by atoms with Gasteiger partial charge in [-0.3, -0.25) is 9.36 Å². The van der Waals surface area contributed by atoms with Crippen molar-refractivity contribution in [1.82, 2.24) is 4.57 Å². The third-order valence-electron chi connectivity index (χ3n) is 5.20. The Morgan fingerprint density at radius 2 is 1.88 bits per heavy atom. The minimum Gasteiger partial charge on any atom is -0.465 e. The minimum absolute atomic E-state index is 0.186. The van der Waals surface area contributed by atoms with Crippen LogP contribution in [0.4, 0.5) is 0 Å². The average molecular weight is 467 g/mol. The van der Waals surface area contributed by atoms with E-state index in [9.17, 15) is 14.4 Å². The lowest BCUT2D eigenvalue weighted by Gasteiger charge is -2.24. The Morgan fingerprint density at radius 1 is 1.15 bits per heavy atom. The van der Waals surface area contributed by atoms with Crippen LogP contribution in [0.3, 0.4) is 0 Å². The van der Waals surface area contributed by atoms with E-state index < -0.39 is 18.0 Å². The molecule has 0 fully saturated rings. The number of hydrogen-bond donors (Lipinski definition) is 0. The molecule has 0 N–H and O–H groups in total. The first-order chi connectivity index (χ1) is 15.8. The monoisotopic (exact) mass is 466 g/mol. The summed E-state index contributed by atoms with van der Waals surface area (Å²) in [6, 6.07) is 9.43. The Morgan fingerprint density at radius 3 is 2.48 bits per heavy atom. The van der Waals surface area contributed by atoms with E-state index in [1.54, 1.807) is 50.3 Å². The number of esters is 2. The van der Waals surface area contributed by atoms with E-state index in [2.05, 4.69) is 4.99 Å². The van der Waals surface area contributed by atoms with Gasteiger partial charge in [0.25, 0.3) is 5.56 Å². The zero-order valence-electron chi connectivity index (χ0n) is 18.6. The highest BCUT2D eigenvalue weighted by Gasteiger charge is 2.33.